The Bertz CT molecular complexity index is 1290. The molecule has 7 nitrogen and oxygen atoms in total. The predicted molar refractivity (Wildman–Crippen MR) is 127 cm³/mol. The van der Waals surface area contributed by atoms with Crippen LogP contribution in [0.1, 0.15) is 61.4 Å². The van der Waals surface area contributed by atoms with Gasteiger partial charge in [0, 0.05) is 11.3 Å². The Balaban J connectivity index is 1.60. The average molecular weight is 466 g/mol. The number of fused-ring (bicyclic) bond motifs is 2. The molecule has 0 saturated heterocycles. The van der Waals surface area contributed by atoms with Gasteiger partial charge in [-0.15, -0.1) is 4.40 Å². The van der Waals surface area contributed by atoms with Gasteiger partial charge < -0.3 is 11.1 Å². The van der Waals surface area contributed by atoms with E-state index in [1.54, 1.807) is 18.2 Å². The minimum absolute atomic E-state index is 0.0627. The predicted octanol–water partition coefficient (Wildman–Crippen LogP) is 4.09. The van der Waals surface area contributed by atoms with Gasteiger partial charge in [-0.25, -0.2) is 0 Å². The van der Waals surface area contributed by atoms with Gasteiger partial charge in [-0.3, -0.25) is 9.59 Å². The molecule has 172 valence electrons. The van der Waals surface area contributed by atoms with Crippen molar-refractivity contribution in [1.82, 2.24) is 0 Å². The van der Waals surface area contributed by atoms with E-state index in [-0.39, 0.29) is 27.9 Å². The lowest BCUT2D eigenvalue weighted by Gasteiger charge is -2.41. The first-order chi connectivity index (χ1) is 15.7. The lowest BCUT2D eigenvalue weighted by molar-refractivity contribution is -0.126. The quantitative estimate of drug-likeness (QED) is 0.521. The number of carbonyl (C=O) groups is 2. The molecule has 1 fully saturated rings. The van der Waals surface area contributed by atoms with Crippen molar-refractivity contribution in [2.24, 2.45) is 16.2 Å². The van der Waals surface area contributed by atoms with E-state index in [0.717, 1.165) is 31.2 Å². The fourth-order valence-electron chi connectivity index (χ4n) is 5.65. The van der Waals surface area contributed by atoms with Crippen molar-refractivity contribution < 1.29 is 18.0 Å². The molecule has 5 rings (SSSR count). The zero-order valence-corrected chi connectivity index (χ0v) is 19.3. The Hall–Kier alpha value is -3.00. The molecular formula is C25H27N3O4S. The summed E-state index contributed by atoms with van der Waals surface area (Å²) in [6, 6.07) is 11.6. The molecule has 3 aliphatic rings. The standard InChI is InChI=1S/C25H27N3O4S/c1-25(14-15-7-3-2-4-8-15)18-10-6-5-9-17(18)22(29)21(23(25)30)24-27-19-12-11-16(26)13-20(19)33(31,32)28-24/h5-6,9-13,15,21H,2-4,7-8,14,26H2,1H3,(H,27,28). The van der Waals surface area contributed by atoms with Gasteiger partial charge in [-0.05, 0) is 43.0 Å². The molecule has 3 N–H and O–H groups in total. The third-order valence-electron chi connectivity index (χ3n) is 7.32. The molecule has 2 aromatic carbocycles. The largest absolute Gasteiger partial charge is 0.399 e. The van der Waals surface area contributed by atoms with E-state index in [0.29, 0.717) is 17.9 Å². The molecule has 0 spiro atoms. The van der Waals surface area contributed by atoms with Gasteiger partial charge in [-0.2, -0.15) is 8.42 Å². The molecule has 0 aromatic heterocycles. The van der Waals surface area contributed by atoms with Gasteiger partial charge >= 0.3 is 0 Å². The average Bonchev–Trinajstić information content (AvgIpc) is 2.79. The molecule has 1 aliphatic heterocycles. The summed E-state index contributed by atoms with van der Waals surface area (Å²) in [7, 11) is -4.11. The molecule has 0 bridgehead atoms. The van der Waals surface area contributed by atoms with Crippen LogP contribution in [0.2, 0.25) is 0 Å². The van der Waals surface area contributed by atoms with Crippen LogP contribution in [0, 0.1) is 11.8 Å². The van der Waals surface area contributed by atoms with Crippen LogP contribution in [0.15, 0.2) is 51.8 Å². The summed E-state index contributed by atoms with van der Waals surface area (Å²) < 4.78 is 29.7. The van der Waals surface area contributed by atoms with Crippen molar-refractivity contribution >= 4 is 38.8 Å². The van der Waals surface area contributed by atoms with E-state index in [1.165, 1.54) is 18.6 Å². The first kappa shape index (κ1) is 21.8. The number of ketones is 2. The highest BCUT2D eigenvalue weighted by Crippen LogP contribution is 2.45. The van der Waals surface area contributed by atoms with E-state index < -0.39 is 27.1 Å². The summed E-state index contributed by atoms with van der Waals surface area (Å²) in [5, 5.41) is 2.96. The molecular weight excluding hydrogens is 438 g/mol. The SMILES string of the molecule is CC1(CC2CCCCC2)C(=O)C(C2=NS(=O)(=O)c3cc(N)ccc3N2)C(=O)c2ccccc21. The molecule has 1 heterocycles. The second kappa shape index (κ2) is 7.80. The minimum atomic E-state index is -4.11. The molecule has 0 radical (unpaired) electrons. The Morgan fingerprint density at radius 1 is 1.09 bits per heavy atom. The first-order valence-corrected chi connectivity index (χ1v) is 12.8. The van der Waals surface area contributed by atoms with Gasteiger partial charge in [0.2, 0.25) is 0 Å². The highest BCUT2D eigenvalue weighted by atomic mass is 32.2. The zero-order chi connectivity index (χ0) is 23.4. The molecule has 2 atom stereocenters. The van der Waals surface area contributed by atoms with Gasteiger partial charge in [0.1, 0.15) is 16.6 Å². The number of nitrogen functional groups attached to an aromatic ring is 1. The number of anilines is 2. The number of nitrogens with two attached hydrogens (primary N) is 1. The van der Waals surface area contributed by atoms with Crippen molar-refractivity contribution in [1.29, 1.82) is 0 Å². The summed E-state index contributed by atoms with van der Waals surface area (Å²) in [5.41, 5.74) is 6.61. The second-order valence-corrected chi connectivity index (χ2v) is 11.2. The van der Waals surface area contributed by atoms with E-state index in [1.807, 2.05) is 19.1 Å². The first-order valence-electron chi connectivity index (χ1n) is 11.4. The fraction of sp³-hybridized carbons (Fsp3) is 0.400. The number of amidine groups is 1. The van der Waals surface area contributed by atoms with Crippen LogP contribution in [-0.2, 0) is 20.2 Å². The van der Waals surface area contributed by atoms with E-state index in [9.17, 15) is 18.0 Å². The number of benzene rings is 2. The number of sulfonamides is 1. The van der Waals surface area contributed by atoms with Crippen molar-refractivity contribution in [2.45, 2.75) is 55.8 Å². The van der Waals surface area contributed by atoms with Crippen LogP contribution in [0.25, 0.3) is 0 Å². The number of nitrogens with zero attached hydrogens (tertiary/aromatic N) is 1. The molecule has 2 unspecified atom stereocenters. The number of hydrogen-bond acceptors (Lipinski definition) is 6. The highest BCUT2D eigenvalue weighted by Gasteiger charge is 2.52. The summed E-state index contributed by atoms with van der Waals surface area (Å²) in [6.45, 7) is 1.90. The number of nitrogens with one attached hydrogen (secondary N) is 1. The maximum absolute atomic E-state index is 14.0. The summed E-state index contributed by atoms with van der Waals surface area (Å²) in [6.07, 6.45) is 6.26. The summed E-state index contributed by atoms with van der Waals surface area (Å²) in [4.78, 5) is 27.5. The van der Waals surface area contributed by atoms with E-state index in [4.69, 9.17) is 5.73 Å². The summed E-state index contributed by atoms with van der Waals surface area (Å²) >= 11 is 0. The molecule has 8 heteroatoms. The van der Waals surface area contributed by atoms with Crippen LogP contribution in [0.5, 0.6) is 0 Å². The second-order valence-electron chi connectivity index (χ2n) is 9.58. The van der Waals surface area contributed by atoms with Gasteiger partial charge in [0.05, 0.1) is 11.1 Å². The molecule has 1 saturated carbocycles. The van der Waals surface area contributed by atoms with Crippen molar-refractivity contribution in [3.63, 3.8) is 0 Å². The number of hydrogen-bond donors (Lipinski definition) is 2. The van der Waals surface area contributed by atoms with Crippen molar-refractivity contribution in [3.8, 4) is 0 Å². The number of Topliss-reactive ketones (excluding diaryl/α,β-unsaturated/α-hetero) is 2. The van der Waals surface area contributed by atoms with E-state index >= 15 is 0 Å². The van der Waals surface area contributed by atoms with Crippen LogP contribution in [-0.4, -0.2) is 25.8 Å². The van der Waals surface area contributed by atoms with Crippen LogP contribution in [0.3, 0.4) is 0 Å². The highest BCUT2D eigenvalue weighted by molar-refractivity contribution is 7.90. The number of carbonyl (C=O) groups excluding carboxylic acids is 2. The van der Waals surface area contributed by atoms with Gasteiger partial charge in [-0.1, -0.05) is 56.4 Å². The maximum atomic E-state index is 14.0. The van der Waals surface area contributed by atoms with Crippen LogP contribution >= 0.6 is 0 Å². The lowest BCUT2D eigenvalue weighted by atomic mass is 9.61. The Labute approximate surface area is 193 Å². The fourth-order valence-corrected chi connectivity index (χ4v) is 6.84. The normalized spacial score (nSPS) is 26.7. The number of rotatable bonds is 3. The Kier molecular flexibility index (Phi) is 5.16. The third-order valence-corrected chi connectivity index (χ3v) is 8.65. The maximum Gasteiger partial charge on any atom is 0.286 e. The van der Waals surface area contributed by atoms with Crippen LogP contribution in [0.4, 0.5) is 11.4 Å². The minimum Gasteiger partial charge on any atom is -0.399 e. The van der Waals surface area contributed by atoms with Crippen molar-refractivity contribution in [2.75, 3.05) is 11.1 Å². The van der Waals surface area contributed by atoms with Gasteiger partial charge in [0.25, 0.3) is 10.0 Å². The van der Waals surface area contributed by atoms with Crippen LogP contribution < -0.4 is 11.1 Å². The topological polar surface area (TPSA) is 119 Å². The smallest absolute Gasteiger partial charge is 0.286 e. The Morgan fingerprint density at radius 3 is 2.58 bits per heavy atom. The van der Waals surface area contributed by atoms with E-state index in [2.05, 4.69) is 9.71 Å². The molecule has 2 aromatic rings. The van der Waals surface area contributed by atoms with Crippen molar-refractivity contribution in [3.05, 3.63) is 53.6 Å². The van der Waals surface area contributed by atoms with Gasteiger partial charge in [0.15, 0.2) is 11.6 Å². The zero-order valence-electron chi connectivity index (χ0n) is 18.5. The molecule has 0 amide bonds. The monoisotopic (exact) mass is 465 g/mol. The summed E-state index contributed by atoms with van der Waals surface area (Å²) in [5.74, 6) is -1.75. The Morgan fingerprint density at radius 2 is 1.82 bits per heavy atom. The molecule has 2 aliphatic carbocycles. The third kappa shape index (κ3) is 3.57. The lowest BCUT2D eigenvalue weighted by Crippen LogP contribution is -2.52. The molecule has 33 heavy (non-hydrogen) atoms.